The molecule has 0 aromatic heterocycles. The van der Waals surface area contributed by atoms with Crippen LogP contribution in [0.15, 0.2) is 0 Å². The highest BCUT2D eigenvalue weighted by atomic mass is 32.2. The third-order valence-corrected chi connectivity index (χ3v) is 3.75. The van der Waals surface area contributed by atoms with Crippen molar-refractivity contribution in [2.45, 2.75) is 45.6 Å². The van der Waals surface area contributed by atoms with Crippen molar-refractivity contribution in [1.82, 2.24) is 4.90 Å². The average Bonchev–Trinajstić information content (AvgIpc) is 2.19. The summed E-state index contributed by atoms with van der Waals surface area (Å²) in [6.07, 6.45) is 5.49. The van der Waals surface area contributed by atoms with E-state index < -0.39 is 0 Å². The minimum absolute atomic E-state index is 0.885. The van der Waals surface area contributed by atoms with Crippen molar-refractivity contribution in [3.63, 3.8) is 0 Å². The zero-order valence-corrected chi connectivity index (χ0v) is 9.91. The molecule has 0 unspecified atom stereocenters. The van der Waals surface area contributed by atoms with Gasteiger partial charge in [-0.05, 0) is 12.8 Å². The number of hydrogen-bond acceptors (Lipinski definition) is 2. The minimum Gasteiger partial charge on any atom is -0.299 e. The van der Waals surface area contributed by atoms with Crippen molar-refractivity contribution >= 4 is 11.8 Å². The van der Waals surface area contributed by atoms with Crippen LogP contribution in [-0.2, 0) is 0 Å². The molecule has 0 amide bonds. The van der Waals surface area contributed by atoms with E-state index in [4.69, 9.17) is 0 Å². The maximum atomic E-state index is 2.71. The third kappa shape index (κ3) is 3.90. The Morgan fingerprint density at radius 1 is 1.08 bits per heavy atom. The minimum atomic E-state index is 0.885. The Morgan fingerprint density at radius 3 is 2.08 bits per heavy atom. The first-order valence-electron chi connectivity index (χ1n) is 5.70. The van der Waals surface area contributed by atoms with E-state index in [0.29, 0.717) is 0 Å². The highest BCUT2D eigenvalue weighted by molar-refractivity contribution is 7.99. The predicted octanol–water partition coefficient (Wildman–Crippen LogP) is 3.00. The van der Waals surface area contributed by atoms with Gasteiger partial charge in [-0.3, -0.25) is 4.90 Å². The van der Waals surface area contributed by atoms with Gasteiger partial charge >= 0.3 is 0 Å². The maximum absolute atomic E-state index is 2.71. The van der Waals surface area contributed by atoms with Gasteiger partial charge in [0.25, 0.3) is 0 Å². The molecule has 0 aromatic carbocycles. The van der Waals surface area contributed by atoms with Crippen LogP contribution in [0.2, 0.25) is 0 Å². The van der Waals surface area contributed by atoms with E-state index in [1.165, 1.54) is 50.3 Å². The summed E-state index contributed by atoms with van der Waals surface area (Å²) in [5.74, 6) is 2.70. The molecule has 0 spiro atoms. The van der Waals surface area contributed by atoms with Crippen molar-refractivity contribution in [3.05, 3.63) is 0 Å². The Kier molecular flexibility index (Phi) is 5.88. The number of nitrogens with zero attached hydrogens (tertiary/aromatic N) is 1. The Balaban J connectivity index is 2.32. The lowest BCUT2D eigenvalue weighted by Crippen LogP contribution is -2.41. The summed E-state index contributed by atoms with van der Waals surface area (Å²) >= 11 is 2.11. The van der Waals surface area contributed by atoms with Gasteiger partial charge in [-0.1, -0.05) is 26.7 Å². The normalized spacial score (nSPS) is 19.6. The van der Waals surface area contributed by atoms with E-state index in [1.54, 1.807) is 0 Å². The van der Waals surface area contributed by atoms with Gasteiger partial charge in [0.1, 0.15) is 0 Å². The van der Waals surface area contributed by atoms with E-state index in [0.717, 1.165) is 6.04 Å². The molecule has 1 fully saturated rings. The molecule has 0 bridgehead atoms. The van der Waals surface area contributed by atoms with Gasteiger partial charge in [-0.2, -0.15) is 11.8 Å². The van der Waals surface area contributed by atoms with Crippen LogP contribution in [-0.4, -0.2) is 35.5 Å². The first-order chi connectivity index (χ1) is 6.38. The standard InChI is InChI=1S/C11H23NS/c1-3-5-11(6-4-2)12-7-9-13-10-8-12/h11H,3-10H2,1-2H3. The van der Waals surface area contributed by atoms with Crippen LogP contribution in [0.4, 0.5) is 0 Å². The summed E-state index contributed by atoms with van der Waals surface area (Å²) in [5, 5.41) is 0. The van der Waals surface area contributed by atoms with Gasteiger partial charge in [0.2, 0.25) is 0 Å². The van der Waals surface area contributed by atoms with Crippen molar-refractivity contribution < 1.29 is 0 Å². The summed E-state index contributed by atoms with van der Waals surface area (Å²) in [6, 6.07) is 0.885. The van der Waals surface area contributed by atoms with Crippen molar-refractivity contribution in [3.8, 4) is 0 Å². The van der Waals surface area contributed by atoms with Gasteiger partial charge in [-0.15, -0.1) is 0 Å². The highest BCUT2D eigenvalue weighted by Gasteiger charge is 2.18. The topological polar surface area (TPSA) is 3.24 Å². The molecule has 1 nitrogen and oxygen atoms in total. The Bertz CT molecular complexity index is 115. The maximum Gasteiger partial charge on any atom is 0.00957 e. The van der Waals surface area contributed by atoms with E-state index in [-0.39, 0.29) is 0 Å². The van der Waals surface area contributed by atoms with Crippen LogP contribution < -0.4 is 0 Å². The molecule has 0 aliphatic carbocycles. The van der Waals surface area contributed by atoms with Gasteiger partial charge in [0.05, 0.1) is 0 Å². The van der Waals surface area contributed by atoms with Crippen molar-refractivity contribution in [2.24, 2.45) is 0 Å². The van der Waals surface area contributed by atoms with E-state index in [1.807, 2.05) is 0 Å². The smallest absolute Gasteiger partial charge is 0.00957 e. The lowest BCUT2D eigenvalue weighted by atomic mass is 10.1. The van der Waals surface area contributed by atoms with Crippen LogP contribution in [0.25, 0.3) is 0 Å². The van der Waals surface area contributed by atoms with Crippen LogP contribution in [0, 0.1) is 0 Å². The van der Waals surface area contributed by atoms with Crippen LogP contribution in [0.5, 0.6) is 0 Å². The highest BCUT2D eigenvalue weighted by Crippen LogP contribution is 2.18. The molecule has 0 saturated carbocycles. The molecule has 13 heavy (non-hydrogen) atoms. The summed E-state index contributed by atoms with van der Waals surface area (Å²) < 4.78 is 0. The molecule has 78 valence electrons. The number of hydrogen-bond donors (Lipinski definition) is 0. The fourth-order valence-electron chi connectivity index (χ4n) is 2.12. The molecule has 0 aromatic rings. The van der Waals surface area contributed by atoms with Crippen molar-refractivity contribution in [1.29, 1.82) is 0 Å². The molecule has 1 aliphatic rings. The van der Waals surface area contributed by atoms with Crippen LogP contribution in [0.3, 0.4) is 0 Å². The Morgan fingerprint density at radius 2 is 1.62 bits per heavy atom. The monoisotopic (exact) mass is 201 g/mol. The fourth-order valence-corrected chi connectivity index (χ4v) is 3.05. The fraction of sp³-hybridized carbons (Fsp3) is 1.00. The Hall–Kier alpha value is 0.310. The second-order valence-electron chi connectivity index (χ2n) is 3.88. The van der Waals surface area contributed by atoms with Gasteiger partial charge in [-0.25, -0.2) is 0 Å². The molecule has 1 saturated heterocycles. The predicted molar refractivity (Wildman–Crippen MR) is 62.5 cm³/mol. The first-order valence-corrected chi connectivity index (χ1v) is 6.85. The van der Waals surface area contributed by atoms with Gasteiger partial charge in [0.15, 0.2) is 0 Å². The van der Waals surface area contributed by atoms with Crippen LogP contribution >= 0.6 is 11.8 Å². The second kappa shape index (κ2) is 6.72. The molecular formula is C11H23NS. The lowest BCUT2D eigenvalue weighted by Gasteiger charge is -2.34. The summed E-state index contributed by atoms with van der Waals surface area (Å²) in [6.45, 7) is 7.27. The average molecular weight is 201 g/mol. The molecule has 0 atom stereocenters. The summed E-state index contributed by atoms with van der Waals surface area (Å²) in [5.41, 5.74) is 0. The third-order valence-electron chi connectivity index (χ3n) is 2.81. The number of thioether (sulfide) groups is 1. The zero-order chi connectivity index (χ0) is 9.52. The van der Waals surface area contributed by atoms with E-state index in [2.05, 4.69) is 30.5 Å². The van der Waals surface area contributed by atoms with E-state index >= 15 is 0 Å². The molecular weight excluding hydrogens is 178 g/mol. The quantitative estimate of drug-likeness (QED) is 0.673. The van der Waals surface area contributed by atoms with E-state index in [9.17, 15) is 0 Å². The molecule has 1 heterocycles. The van der Waals surface area contributed by atoms with Crippen molar-refractivity contribution in [2.75, 3.05) is 24.6 Å². The molecule has 2 heteroatoms. The molecule has 1 aliphatic heterocycles. The first kappa shape index (κ1) is 11.4. The number of rotatable bonds is 5. The molecule has 0 N–H and O–H groups in total. The van der Waals surface area contributed by atoms with Gasteiger partial charge in [0, 0.05) is 30.6 Å². The van der Waals surface area contributed by atoms with Gasteiger partial charge < -0.3 is 0 Å². The lowest BCUT2D eigenvalue weighted by molar-refractivity contribution is 0.193. The second-order valence-corrected chi connectivity index (χ2v) is 5.10. The summed E-state index contributed by atoms with van der Waals surface area (Å²) in [7, 11) is 0. The molecule has 0 radical (unpaired) electrons. The zero-order valence-electron chi connectivity index (χ0n) is 9.09. The van der Waals surface area contributed by atoms with Crippen LogP contribution in [0.1, 0.15) is 39.5 Å². The SMILES string of the molecule is CCCC(CCC)N1CCSCC1. The Labute approximate surface area is 87.3 Å². The largest absolute Gasteiger partial charge is 0.299 e. The molecule has 1 rings (SSSR count). The summed E-state index contributed by atoms with van der Waals surface area (Å²) in [4.78, 5) is 2.71.